The zero-order valence-corrected chi connectivity index (χ0v) is 5.30. The SMILES string of the molecule is NC(=S)N(O)N=C(N)N. The van der Waals surface area contributed by atoms with Crippen LogP contribution in [0.25, 0.3) is 0 Å². The first-order valence-corrected chi connectivity index (χ1v) is 2.33. The summed E-state index contributed by atoms with van der Waals surface area (Å²) in [5.41, 5.74) is 14.6. The van der Waals surface area contributed by atoms with E-state index in [0.717, 1.165) is 0 Å². The zero-order valence-electron chi connectivity index (χ0n) is 4.48. The predicted octanol–water partition coefficient (Wildman–Crippen LogP) is -1.89. The molecule has 0 radical (unpaired) electrons. The highest BCUT2D eigenvalue weighted by Crippen LogP contribution is 1.78. The molecule has 0 aliphatic rings. The number of nitrogens with two attached hydrogens (primary N) is 3. The van der Waals surface area contributed by atoms with Gasteiger partial charge in [-0.3, -0.25) is 5.21 Å². The molecule has 0 heterocycles. The maximum absolute atomic E-state index is 8.52. The first-order valence-electron chi connectivity index (χ1n) is 1.92. The van der Waals surface area contributed by atoms with E-state index in [1.807, 2.05) is 0 Å². The summed E-state index contributed by atoms with van der Waals surface area (Å²) in [4.78, 5) is 0. The van der Waals surface area contributed by atoms with Crippen LogP contribution in [0.1, 0.15) is 0 Å². The monoisotopic (exact) mass is 149 g/mol. The molecule has 0 amide bonds. The van der Waals surface area contributed by atoms with Crippen molar-refractivity contribution in [2.24, 2.45) is 22.3 Å². The minimum atomic E-state index is -0.316. The van der Waals surface area contributed by atoms with Crippen LogP contribution in [0, 0.1) is 0 Å². The average molecular weight is 149 g/mol. The first-order chi connectivity index (χ1) is 4.04. The Labute approximate surface area is 56.9 Å². The Morgan fingerprint density at radius 3 is 2.00 bits per heavy atom. The van der Waals surface area contributed by atoms with E-state index in [9.17, 15) is 0 Å². The van der Waals surface area contributed by atoms with Crippen LogP contribution in [0.5, 0.6) is 0 Å². The molecule has 0 aromatic rings. The quantitative estimate of drug-likeness (QED) is 0.150. The van der Waals surface area contributed by atoms with Crippen molar-refractivity contribution in [3.63, 3.8) is 0 Å². The Bertz CT molecular complexity index is 140. The zero-order chi connectivity index (χ0) is 7.44. The molecule has 0 aromatic carbocycles. The Morgan fingerprint density at radius 1 is 1.44 bits per heavy atom. The highest BCUT2D eigenvalue weighted by atomic mass is 32.1. The van der Waals surface area contributed by atoms with E-state index in [1.165, 1.54) is 0 Å². The van der Waals surface area contributed by atoms with Crippen LogP contribution in [-0.2, 0) is 0 Å². The average Bonchev–Trinajstić information content (AvgIpc) is 1.63. The molecule has 0 saturated heterocycles. The molecule has 0 spiro atoms. The molecule has 0 unspecified atom stereocenters. The van der Waals surface area contributed by atoms with Crippen LogP contribution in [0.3, 0.4) is 0 Å². The highest BCUT2D eigenvalue weighted by molar-refractivity contribution is 7.80. The van der Waals surface area contributed by atoms with Crippen LogP contribution in [0.4, 0.5) is 0 Å². The Kier molecular flexibility index (Phi) is 2.68. The van der Waals surface area contributed by atoms with Gasteiger partial charge in [-0.25, -0.2) is 0 Å². The van der Waals surface area contributed by atoms with Gasteiger partial charge in [-0.2, -0.15) is 0 Å². The van der Waals surface area contributed by atoms with Crippen molar-refractivity contribution in [3.05, 3.63) is 0 Å². The fourth-order valence-electron chi connectivity index (χ4n) is 0.159. The molecule has 0 rings (SSSR count). The third kappa shape index (κ3) is 3.50. The molecule has 6 nitrogen and oxygen atoms in total. The van der Waals surface area contributed by atoms with Crippen molar-refractivity contribution in [1.29, 1.82) is 0 Å². The smallest absolute Gasteiger partial charge is 0.215 e. The molecule has 0 aromatic heterocycles. The summed E-state index contributed by atoms with van der Waals surface area (Å²) in [6.45, 7) is 0. The molecular weight excluding hydrogens is 142 g/mol. The number of nitrogens with zero attached hydrogens (tertiary/aromatic N) is 2. The summed E-state index contributed by atoms with van der Waals surface area (Å²) in [5, 5.41) is 11.5. The van der Waals surface area contributed by atoms with Crippen LogP contribution in [0.15, 0.2) is 5.10 Å². The summed E-state index contributed by atoms with van der Waals surface area (Å²) in [5.74, 6) is -0.315. The van der Waals surface area contributed by atoms with Crippen molar-refractivity contribution in [1.82, 2.24) is 5.17 Å². The van der Waals surface area contributed by atoms with Crippen LogP contribution in [-0.4, -0.2) is 21.5 Å². The van der Waals surface area contributed by atoms with E-state index in [2.05, 4.69) is 17.3 Å². The molecular formula is C2H7N5OS. The fraction of sp³-hybridized carbons (Fsp3) is 0. The van der Waals surface area contributed by atoms with E-state index >= 15 is 0 Å². The van der Waals surface area contributed by atoms with Gasteiger partial charge < -0.3 is 17.2 Å². The third-order valence-electron chi connectivity index (χ3n) is 0.407. The van der Waals surface area contributed by atoms with Crippen LogP contribution >= 0.6 is 12.2 Å². The lowest BCUT2D eigenvalue weighted by Gasteiger charge is -2.05. The minimum Gasteiger partial charge on any atom is -0.373 e. The second-order valence-electron chi connectivity index (χ2n) is 1.15. The number of hydrogen-bond donors (Lipinski definition) is 4. The van der Waals surface area contributed by atoms with Crippen molar-refractivity contribution in [2.75, 3.05) is 0 Å². The topological polar surface area (TPSA) is 114 Å². The second kappa shape index (κ2) is 3.05. The Hall–Kier alpha value is -1.08. The third-order valence-corrected chi connectivity index (χ3v) is 0.571. The summed E-state index contributed by atoms with van der Waals surface area (Å²) in [6, 6.07) is 0. The highest BCUT2D eigenvalue weighted by Gasteiger charge is 1.96. The summed E-state index contributed by atoms with van der Waals surface area (Å²) >= 11 is 4.27. The Balaban J connectivity index is 3.91. The number of hydroxylamine groups is 1. The molecule has 52 valence electrons. The van der Waals surface area contributed by atoms with Gasteiger partial charge in [0.15, 0.2) is 0 Å². The Morgan fingerprint density at radius 2 is 1.89 bits per heavy atom. The molecule has 0 aliphatic carbocycles. The number of rotatable bonds is 1. The van der Waals surface area contributed by atoms with Crippen molar-refractivity contribution in [3.8, 4) is 0 Å². The van der Waals surface area contributed by atoms with E-state index < -0.39 is 0 Å². The van der Waals surface area contributed by atoms with E-state index in [4.69, 9.17) is 22.4 Å². The van der Waals surface area contributed by atoms with Gasteiger partial charge in [-0.1, -0.05) is 0 Å². The molecule has 0 aliphatic heterocycles. The van der Waals surface area contributed by atoms with Crippen molar-refractivity contribution < 1.29 is 5.21 Å². The number of hydrogen-bond acceptors (Lipinski definition) is 3. The van der Waals surface area contributed by atoms with Gasteiger partial charge in [0.1, 0.15) is 0 Å². The lowest BCUT2D eigenvalue weighted by atomic mass is 11.1. The van der Waals surface area contributed by atoms with Crippen molar-refractivity contribution in [2.45, 2.75) is 0 Å². The van der Waals surface area contributed by atoms with Gasteiger partial charge in [0, 0.05) is 0 Å². The molecule has 0 saturated carbocycles. The lowest BCUT2D eigenvalue weighted by molar-refractivity contribution is -0.0107. The van der Waals surface area contributed by atoms with Gasteiger partial charge in [-0.15, -0.1) is 10.3 Å². The largest absolute Gasteiger partial charge is 0.373 e. The minimum absolute atomic E-state index is 0.213. The fourth-order valence-corrected chi connectivity index (χ4v) is 0.199. The van der Waals surface area contributed by atoms with E-state index in [-0.39, 0.29) is 16.2 Å². The molecule has 7 heteroatoms. The number of hydrazone groups is 1. The van der Waals surface area contributed by atoms with Crippen molar-refractivity contribution >= 4 is 23.3 Å². The summed E-state index contributed by atoms with van der Waals surface area (Å²) < 4.78 is 0. The lowest BCUT2D eigenvalue weighted by Crippen LogP contribution is -2.33. The summed E-state index contributed by atoms with van der Waals surface area (Å²) in [7, 11) is 0. The van der Waals surface area contributed by atoms with Gasteiger partial charge >= 0.3 is 0 Å². The maximum Gasteiger partial charge on any atom is 0.215 e. The summed E-state index contributed by atoms with van der Waals surface area (Å²) in [6.07, 6.45) is 0. The molecule has 0 atom stereocenters. The molecule has 7 N–H and O–H groups in total. The second-order valence-corrected chi connectivity index (χ2v) is 1.57. The number of guanidine groups is 1. The molecule has 9 heavy (non-hydrogen) atoms. The normalized spacial score (nSPS) is 8.11. The van der Waals surface area contributed by atoms with E-state index in [1.54, 1.807) is 0 Å². The predicted molar refractivity (Wildman–Crippen MR) is 36.2 cm³/mol. The van der Waals surface area contributed by atoms with Gasteiger partial charge in [-0.05, 0) is 12.2 Å². The standard InChI is InChI=1S/C2H7N5OS/c3-1(4)6-7(8)2(5)9/h8H,(H2,5,9)(H4,3,4,6). The van der Waals surface area contributed by atoms with E-state index in [0.29, 0.717) is 0 Å². The van der Waals surface area contributed by atoms with Crippen LogP contribution < -0.4 is 17.2 Å². The van der Waals surface area contributed by atoms with Gasteiger partial charge in [0.25, 0.3) is 0 Å². The number of thiocarbonyl (C=S) groups is 1. The van der Waals surface area contributed by atoms with Gasteiger partial charge in [0.2, 0.25) is 11.1 Å². The first kappa shape index (κ1) is 7.92. The van der Waals surface area contributed by atoms with Crippen LogP contribution in [0.2, 0.25) is 0 Å². The molecule has 0 fully saturated rings. The molecule has 0 bridgehead atoms. The van der Waals surface area contributed by atoms with Gasteiger partial charge in [0.05, 0.1) is 0 Å². The maximum atomic E-state index is 8.52.